The molecule has 0 saturated heterocycles. The molecule has 116 valence electrons. The third-order valence-electron chi connectivity index (χ3n) is 4.37. The van der Waals surface area contributed by atoms with Crippen LogP contribution in [0.15, 0.2) is 18.2 Å². The lowest BCUT2D eigenvalue weighted by molar-refractivity contribution is 0.516. The number of nitrogens with one attached hydrogen (secondary N) is 2. The summed E-state index contributed by atoms with van der Waals surface area (Å²) in [5.41, 5.74) is 4.62. The third-order valence-corrected chi connectivity index (χ3v) is 4.66. The molecule has 0 amide bonds. The minimum atomic E-state index is 0.696. The van der Waals surface area contributed by atoms with Gasteiger partial charge in [0.15, 0.2) is 5.11 Å². The van der Waals surface area contributed by atoms with Crippen molar-refractivity contribution in [2.24, 2.45) is 0 Å². The highest BCUT2D eigenvalue weighted by atomic mass is 32.1. The van der Waals surface area contributed by atoms with Crippen molar-refractivity contribution in [3.63, 3.8) is 0 Å². The van der Waals surface area contributed by atoms with Gasteiger partial charge in [0, 0.05) is 13.1 Å². The molecule has 0 radical (unpaired) electrons. The van der Waals surface area contributed by atoms with Gasteiger partial charge >= 0.3 is 0 Å². The van der Waals surface area contributed by atoms with E-state index in [1.54, 1.807) is 11.1 Å². The first kappa shape index (κ1) is 16.3. The van der Waals surface area contributed by atoms with Crippen LogP contribution in [-0.4, -0.2) is 18.2 Å². The average Bonchev–Trinajstić information content (AvgIpc) is 2.52. The molecule has 1 atom stereocenters. The van der Waals surface area contributed by atoms with E-state index in [9.17, 15) is 0 Å². The number of benzene rings is 1. The molecule has 2 nitrogen and oxygen atoms in total. The number of thiocarbonyl (C=S) groups is 1. The van der Waals surface area contributed by atoms with Crippen molar-refractivity contribution in [1.29, 1.82) is 0 Å². The summed E-state index contributed by atoms with van der Waals surface area (Å²) in [5, 5.41) is 7.37. The van der Waals surface area contributed by atoms with Gasteiger partial charge in [0.25, 0.3) is 0 Å². The summed E-state index contributed by atoms with van der Waals surface area (Å²) in [5.74, 6) is 0.696. The molecule has 0 aliphatic heterocycles. The molecular weight excluding hydrogens is 276 g/mol. The fraction of sp³-hybridized carbons (Fsp3) is 0.611. The Morgan fingerprint density at radius 1 is 1.24 bits per heavy atom. The average molecular weight is 305 g/mol. The Morgan fingerprint density at radius 2 is 2.05 bits per heavy atom. The smallest absolute Gasteiger partial charge is 0.166 e. The first-order chi connectivity index (χ1) is 10.2. The van der Waals surface area contributed by atoms with Gasteiger partial charge in [-0.3, -0.25) is 0 Å². The van der Waals surface area contributed by atoms with E-state index in [0.717, 1.165) is 31.0 Å². The molecule has 2 rings (SSSR count). The maximum atomic E-state index is 5.28. The lowest BCUT2D eigenvalue weighted by Gasteiger charge is -2.26. The monoisotopic (exact) mass is 304 g/mol. The highest BCUT2D eigenvalue weighted by molar-refractivity contribution is 7.80. The minimum Gasteiger partial charge on any atom is -0.363 e. The normalized spacial score (nSPS) is 17.1. The second-order valence-corrected chi connectivity index (χ2v) is 6.36. The highest BCUT2D eigenvalue weighted by Crippen LogP contribution is 2.34. The zero-order chi connectivity index (χ0) is 15.1. The summed E-state index contributed by atoms with van der Waals surface area (Å²) in [6.07, 6.45) is 7.30. The van der Waals surface area contributed by atoms with Crippen molar-refractivity contribution in [2.45, 2.75) is 58.3 Å². The molecule has 0 fully saturated rings. The van der Waals surface area contributed by atoms with Crippen molar-refractivity contribution < 1.29 is 0 Å². The van der Waals surface area contributed by atoms with E-state index in [1.165, 1.54) is 31.2 Å². The molecule has 0 aromatic heterocycles. The van der Waals surface area contributed by atoms with Crippen molar-refractivity contribution in [1.82, 2.24) is 10.6 Å². The van der Waals surface area contributed by atoms with E-state index in [-0.39, 0.29) is 0 Å². The first-order valence-electron chi connectivity index (χ1n) is 8.38. The molecule has 1 aromatic rings. The second kappa shape index (κ2) is 8.38. The Hall–Kier alpha value is -1.09. The van der Waals surface area contributed by atoms with Crippen LogP contribution in [0.3, 0.4) is 0 Å². The Labute approximate surface area is 134 Å². The third kappa shape index (κ3) is 4.70. The highest BCUT2D eigenvalue weighted by Gasteiger charge is 2.20. The lowest BCUT2D eigenvalue weighted by Crippen LogP contribution is -2.36. The molecule has 0 heterocycles. The van der Waals surface area contributed by atoms with E-state index in [2.05, 4.69) is 42.7 Å². The van der Waals surface area contributed by atoms with Crippen molar-refractivity contribution in [3.8, 4) is 0 Å². The van der Waals surface area contributed by atoms with Crippen LogP contribution in [0.1, 0.15) is 62.1 Å². The molecule has 1 aliphatic rings. The number of hydrogen-bond acceptors (Lipinski definition) is 1. The number of aryl methyl sites for hydroxylation is 2. The molecule has 0 unspecified atom stereocenters. The summed E-state index contributed by atoms with van der Waals surface area (Å²) in [4.78, 5) is 0. The largest absolute Gasteiger partial charge is 0.363 e. The zero-order valence-corrected chi connectivity index (χ0v) is 14.2. The van der Waals surface area contributed by atoms with Crippen molar-refractivity contribution >= 4 is 17.3 Å². The minimum absolute atomic E-state index is 0.696. The Kier molecular flexibility index (Phi) is 6.50. The van der Waals surface area contributed by atoms with Crippen LogP contribution in [0.5, 0.6) is 0 Å². The maximum Gasteiger partial charge on any atom is 0.166 e. The van der Waals surface area contributed by atoms with Gasteiger partial charge in [0.1, 0.15) is 0 Å². The molecule has 0 spiro atoms. The quantitative estimate of drug-likeness (QED) is 0.779. The van der Waals surface area contributed by atoms with Crippen LogP contribution in [0.2, 0.25) is 0 Å². The molecule has 2 N–H and O–H groups in total. The van der Waals surface area contributed by atoms with Crippen LogP contribution in [0.25, 0.3) is 0 Å². The number of rotatable bonds is 6. The summed E-state index contributed by atoms with van der Waals surface area (Å²) in [7, 11) is 0. The van der Waals surface area contributed by atoms with Crippen LogP contribution in [0, 0.1) is 0 Å². The topological polar surface area (TPSA) is 24.1 Å². The molecule has 1 aliphatic carbocycles. The Balaban J connectivity index is 1.89. The predicted octanol–water partition coefficient (Wildman–Crippen LogP) is 3.93. The van der Waals surface area contributed by atoms with Gasteiger partial charge in [-0.2, -0.15) is 0 Å². The SMILES string of the molecule is CCCNC(=S)NCC[C@H]1CCCc2ccc(CC)cc21. The van der Waals surface area contributed by atoms with Gasteiger partial charge in [-0.05, 0) is 73.4 Å². The molecule has 21 heavy (non-hydrogen) atoms. The summed E-state index contributed by atoms with van der Waals surface area (Å²) in [6, 6.07) is 7.08. The van der Waals surface area contributed by atoms with E-state index in [4.69, 9.17) is 12.2 Å². The van der Waals surface area contributed by atoms with Crippen LogP contribution in [0.4, 0.5) is 0 Å². The van der Waals surface area contributed by atoms with Gasteiger partial charge in [-0.25, -0.2) is 0 Å². The maximum absolute atomic E-state index is 5.28. The number of hydrogen-bond donors (Lipinski definition) is 2. The van der Waals surface area contributed by atoms with Gasteiger partial charge in [-0.1, -0.05) is 32.0 Å². The first-order valence-corrected chi connectivity index (χ1v) is 8.78. The molecule has 3 heteroatoms. The van der Waals surface area contributed by atoms with Crippen LogP contribution in [-0.2, 0) is 12.8 Å². The Morgan fingerprint density at radius 3 is 2.81 bits per heavy atom. The van der Waals surface area contributed by atoms with E-state index in [0.29, 0.717) is 5.92 Å². The fourth-order valence-electron chi connectivity index (χ4n) is 3.13. The summed E-state index contributed by atoms with van der Waals surface area (Å²) < 4.78 is 0. The zero-order valence-electron chi connectivity index (χ0n) is 13.4. The molecule has 1 aromatic carbocycles. The van der Waals surface area contributed by atoms with Gasteiger partial charge in [0.05, 0.1) is 0 Å². The predicted molar refractivity (Wildman–Crippen MR) is 95.0 cm³/mol. The summed E-state index contributed by atoms with van der Waals surface area (Å²) >= 11 is 5.28. The second-order valence-electron chi connectivity index (χ2n) is 5.95. The molecular formula is C18H28N2S. The lowest BCUT2D eigenvalue weighted by atomic mass is 9.80. The standard InChI is InChI=1S/C18H28N2S/c1-3-11-19-18(21)20-12-10-16-7-5-6-15-9-8-14(4-2)13-17(15)16/h8-9,13,16H,3-7,10-12H2,1-2H3,(H2,19,20,21)/t16-/m1/s1. The molecule has 0 saturated carbocycles. The fourth-order valence-corrected chi connectivity index (χ4v) is 3.33. The number of fused-ring (bicyclic) bond motifs is 1. The van der Waals surface area contributed by atoms with E-state index < -0.39 is 0 Å². The molecule has 0 bridgehead atoms. The van der Waals surface area contributed by atoms with Crippen molar-refractivity contribution in [2.75, 3.05) is 13.1 Å². The summed E-state index contributed by atoms with van der Waals surface area (Å²) in [6.45, 7) is 6.31. The van der Waals surface area contributed by atoms with E-state index in [1.807, 2.05) is 0 Å². The van der Waals surface area contributed by atoms with Crippen LogP contribution >= 0.6 is 12.2 Å². The van der Waals surface area contributed by atoms with Crippen LogP contribution < -0.4 is 10.6 Å². The Bertz CT molecular complexity index is 470. The van der Waals surface area contributed by atoms with Crippen molar-refractivity contribution in [3.05, 3.63) is 34.9 Å². The van der Waals surface area contributed by atoms with Gasteiger partial charge < -0.3 is 10.6 Å². The van der Waals surface area contributed by atoms with E-state index >= 15 is 0 Å². The van der Waals surface area contributed by atoms with Gasteiger partial charge in [-0.15, -0.1) is 0 Å². The van der Waals surface area contributed by atoms with Gasteiger partial charge in [0.2, 0.25) is 0 Å².